The van der Waals surface area contributed by atoms with E-state index in [4.69, 9.17) is 4.74 Å². The molecule has 1 N–H and O–H groups in total. The van der Waals surface area contributed by atoms with Gasteiger partial charge >= 0.3 is 5.97 Å². The van der Waals surface area contributed by atoms with Gasteiger partial charge in [0, 0.05) is 11.8 Å². The summed E-state index contributed by atoms with van der Waals surface area (Å²) in [6.45, 7) is 8.66. The van der Waals surface area contributed by atoms with E-state index >= 15 is 0 Å². The molecular formula is C13H25NO2S. The third kappa shape index (κ3) is 3.88. The topological polar surface area (TPSA) is 38.3 Å². The highest BCUT2D eigenvalue weighted by Gasteiger charge is 2.36. The Morgan fingerprint density at radius 3 is 2.59 bits per heavy atom. The summed E-state index contributed by atoms with van der Waals surface area (Å²) in [5, 5.41) is 3.50. The third-order valence-corrected chi connectivity index (χ3v) is 4.68. The SMILES string of the molecule is COC(=O)[C@@H](NC1CSCCC1(C)C)C(C)C. The number of nitrogens with one attached hydrogen (secondary N) is 1. The van der Waals surface area contributed by atoms with Crippen molar-refractivity contribution in [3.8, 4) is 0 Å². The number of carbonyl (C=O) groups excluding carboxylic acids is 1. The van der Waals surface area contributed by atoms with E-state index in [1.54, 1.807) is 0 Å². The van der Waals surface area contributed by atoms with E-state index < -0.39 is 0 Å². The third-order valence-electron chi connectivity index (χ3n) is 3.62. The smallest absolute Gasteiger partial charge is 0.323 e. The van der Waals surface area contributed by atoms with E-state index in [1.807, 2.05) is 11.8 Å². The zero-order chi connectivity index (χ0) is 13.1. The molecule has 2 atom stereocenters. The van der Waals surface area contributed by atoms with Crippen LogP contribution in [0.5, 0.6) is 0 Å². The van der Waals surface area contributed by atoms with Crippen LogP contribution < -0.4 is 5.32 Å². The number of rotatable bonds is 4. The highest BCUT2D eigenvalue weighted by molar-refractivity contribution is 7.99. The van der Waals surface area contributed by atoms with Crippen molar-refractivity contribution in [2.24, 2.45) is 11.3 Å². The quantitative estimate of drug-likeness (QED) is 0.786. The number of thioether (sulfide) groups is 1. The van der Waals surface area contributed by atoms with E-state index in [2.05, 4.69) is 33.0 Å². The van der Waals surface area contributed by atoms with Gasteiger partial charge in [-0.05, 0) is 23.5 Å². The average molecular weight is 259 g/mol. The van der Waals surface area contributed by atoms with Gasteiger partial charge in [-0.2, -0.15) is 11.8 Å². The molecule has 0 amide bonds. The summed E-state index contributed by atoms with van der Waals surface area (Å²) in [5.41, 5.74) is 0.256. The molecule has 1 unspecified atom stereocenters. The minimum atomic E-state index is -0.192. The first-order chi connectivity index (χ1) is 7.88. The van der Waals surface area contributed by atoms with Crippen LogP contribution in [0.3, 0.4) is 0 Å². The Balaban J connectivity index is 2.68. The molecule has 0 radical (unpaired) electrons. The normalized spacial score (nSPS) is 25.6. The lowest BCUT2D eigenvalue weighted by atomic mass is 9.81. The number of hydrogen-bond donors (Lipinski definition) is 1. The molecule has 1 heterocycles. The number of methoxy groups -OCH3 is 1. The Labute approximate surface area is 109 Å². The number of carbonyl (C=O) groups is 1. The second-order valence-electron chi connectivity index (χ2n) is 5.78. The van der Waals surface area contributed by atoms with Crippen molar-refractivity contribution in [3.63, 3.8) is 0 Å². The zero-order valence-corrected chi connectivity index (χ0v) is 12.4. The van der Waals surface area contributed by atoms with E-state index in [0.29, 0.717) is 6.04 Å². The van der Waals surface area contributed by atoms with Gasteiger partial charge in [0.25, 0.3) is 0 Å². The van der Waals surface area contributed by atoms with Crippen molar-refractivity contribution in [3.05, 3.63) is 0 Å². The predicted molar refractivity (Wildman–Crippen MR) is 73.3 cm³/mol. The molecule has 1 rings (SSSR count). The van der Waals surface area contributed by atoms with Crippen molar-refractivity contribution in [2.45, 2.75) is 46.2 Å². The van der Waals surface area contributed by atoms with Gasteiger partial charge in [-0.15, -0.1) is 0 Å². The summed E-state index contributed by atoms with van der Waals surface area (Å²) in [4.78, 5) is 11.7. The van der Waals surface area contributed by atoms with Crippen LogP contribution in [0.15, 0.2) is 0 Å². The summed E-state index contributed by atoms with van der Waals surface area (Å²) < 4.78 is 4.88. The van der Waals surface area contributed by atoms with Crippen molar-refractivity contribution in [1.82, 2.24) is 5.32 Å². The van der Waals surface area contributed by atoms with Gasteiger partial charge in [0.05, 0.1) is 7.11 Å². The molecule has 0 saturated carbocycles. The molecular weight excluding hydrogens is 234 g/mol. The van der Waals surface area contributed by atoms with Crippen LogP contribution in [0, 0.1) is 11.3 Å². The van der Waals surface area contributed by atoms with Crippen molar-refractivity contribution in [2.75, 3.05) is 18.6 Å². The number of ether oxygens (including phenoxy) is 1. The first-order valence-electron chi connectivity index (χ1n) is 6.30. The monoisotopic (exact) mass is 259 g/mol. The van der Waals surface area contributed by atoms with Crippen LogP contribution >= 0.6 is 11.8 Å². The first kappa shape index (κ1) is 14.8. The number of esters is 1. The summed E-state index contributed by atoms with van der Waals surface area (Å²) in [5.74, 6) is 2.40. The fraction of sp³-hybridized carbons (Fsp3) is 0.923. The summed E-state index contributed by atoms with van der Waals surface area (Å²) in [7, 11) is 1.46. The van der Waals surface area contributed by atoms with Crippen LogP contribution in [0.25, 0.3) is 0 Å². The Morgan fingerprint density at radius 1 is 1.47 bits per heavy atom. The van der Waals surface area contributed by atoms with Gasteiger partial charge in [-0.3, -0.25) is 4.79 Å². The molecule has 0 aromatic carbocycles. The maximum absolute atomic E-state index is 11.7. The van der Waals surface area contributed by atoms with E-state index in [0.717, 1.165) is 5.75 Å². The molecule has 1 aliphatic heterocycles. The predicted octanol–water partition coefficient (Wildman–Crippen LogP) is 2.31. The fourth-order valence-corrected chi connectivity index (χ4v) is 3.71. The Kier molecular flexibility index (Phi) is 5.32. The summed E-state index contributed by atoms with van der Waals surface area (Å²) >= 11 is 1.96. The fourth-order valence-electron chi connectivity index (χ4n) is 2.09. The Morgan fingerprint density at radius 2 is 2.12 bits per heavy atom. The molecule has 0 aliphatic carbocycles. The van der Waals surface area contributed by atoms with Crippen LogP contribution in [0.1, 0.15) is 34.1 Å². The van der Waals surface area contributed by atoms with Gasteiger partial charge in [0.15, 0.2) is 0 Å². The lowest BCUT2D eigenvalue weighted by Gasteiger charge is -2.41. The van der Waals surface area contributed by atoms with E-state index in [-0.39, 0.29) is 23.3 Å². The molecule has 17 heavy (non-hydrogen) atoms. The van der Waals surface area contributed by atoms with Crippen LogP contribution in [-0.2, 0) is 9.53 Å². The van der Waals surface area contributed by atoms with E-state index in [9.17, 15) is 4.79 Å². The molecule has 0 aromatic heterocycles. The molecule has 3 nitrogen and oxygen atoms in total. The minimum Gasteiger partial charge on any atom is -0.468 e. The largest absolute Gasteiger partial charge is 0.468 e. The summed E-state index contributed by atoms with van der Waals surface area (Å²) in [6.07, 6.45) is 1.20. The molecule has 1 saturated heterocycles. The minimum absolute atomic E-state index is 0.147. The zero-order valence-electron chi connectivity index (χ0n) is 11.6. The summed E-state index contributed by atoms with van der Waals surface area (Å²) in [6, 6.07) is 0.190. The van der Waals surface area contributed by atoms with Crippen LogP contribution in [-0.4, -0.2) is 36.7 Å². The second kappa shape index (κ2) is 6.10. The highest BCUT2D eigenvalue weighted by Crippen LogP contribution is 2.34. The number of hydrogen-bond acceptors (Lipinski definition) is 4. The molecule has 0 bridgehead atoms. The Hall–Kier alpha value is -0.220. The van der Waals surface area contributed by atoms with Crippen molar-refractivity contribution in [1.29, 1.82) is 0 Å². The molecule has 100 valence electrons. The lowest BCUT2D eigenvalue weighted by Crippen LogP contribution is -2.54. The lowest BCUT2D eigenvalue weighted by molar-refractivity contribution is -0.144. The van der Waals surface area contributed by atoms with Gasteiger partial charge < -0.3 is 10.1 Å². The van der Waals surface area contributed by atoms with E-state index in [1.165, 1.54) is 19.3 Å². The molecule has 0 aromatic rings. The van der Waals surface area contributed by atoms with Crippen LogP contribution in [0.2, 0.25) is 0 Å². The van der Waals surface area contributed by atoms with Gasteiger partial charge in [-0.25, -0.2) is 0 Å². The van der Waals surface area contributed by atoms with Crippen molar-refractivity contribution < 1.29 is 9.53 Å². The second-order valence-corrected chi connectivity index (χ2v) is 6.93. The Bertz CT molecular complexity index is 266. The van der Waals surface area contributed by atoms with Crippen LogP contribution in [0.4, 0.5) is 0 Å². The van der Waals surface area contributed by atoms with Gasteiger partial charge in [-0.1, -0.05) is 27.7 Å². The highest BCUT2D eigenvalue weighted by atomic mass is 32.2. The average Bonchev–Trinajstić information content (AvgIpc) is 2.25. The first-order valence-corrected chi connectivity index (χ1v) is 7.45. The maximum atomic E-state index is 11.7. The van der Waals surface area contributed by atoms with Crippen molar-refractivity contribution >= 4 is 17.7 Å². The molecule has 1 aliphatic rings. The molecule has 0 spiro atoms. The van der Waals surface area contributed by atoms with Gasteiger partial charge in [0.1, 0.15) is 6.04 Å². The molecule has 4 heteroatoms. The van der Waals surface area contributed by atoms with Gasteiger partial charge in [0.2, 0.25) is 0 Å². The molecule has 1 fully saturated rings. The maximum Gasteiger partial charge on any atom is 0.323 e. The standard InChI is InChI=1S/C13H25NO2S/c1-9(2)11(12(15)16-5)14-10-8-17-7-6-13(10,3)4/h9-11,14H,6-8H2,1-5H3/t10?,11-/m0/s1.